The summed E-state index contributed by atoms with van der Waals surface area (Å²) in [5.74, 6) is 0.696. The molecule has 0 atom stereocenters. The van der Waals surface area contributed by atoms with Gasteiger partial charge in [-0.1, -0.05) is 56.1 Å². The van der Waals surface area contributed by atoms with Crippen molar-refractivity contribution in [2.45, 2.75) is 44.3 Å². The summed E-state index contributed by atoms with van der Waals surface area (Å²) in [5, 5.41) is 10.6. The van der Waals surface area contributed by atoms with Gasteiger partial charge in [0.1, 0.15) is 0 Å². The van der Waals surface area contributed by atoms with Crippen LogP contribution in [-0.2, 0) is 11.3 Å². The smallest absolute Gasteiger partial charge is 0.227 e. The Morgan fingerprint density at radius 1 is 1.24 bits per heavy atom. The zero-order valence-corrected chi connectivity index (χ0v) is 15.2. The highest BCUT2D eigenvalue weighted by Gasteiger charge is 2.17. The van der Waals surface area contributed by atoms with Gasteiger partial charge in [0.25, 0.3) is 0 Å². The summed E-state index contributed by atoms with van der Waals surface area (Å²) < 4.78 is 2.11. The lowest BCUT2D eigenvalue weighted by atomic mass is 10.1. The minimum Gasteiger partial charge on any atom is -0.369 e. The van der Waals surface area contributed by atoms with Crippen molar-refractivity contribution in [2.24, 2.45) is 5.73 Å². The van der Waals surface area contributed by atoms with Crippen LogP contribution in [0.3, 0.4) is 0 Å². The van der Waals surface area contributed by atoms with Crippen molar-refractivity contribution >= 4 is 28.6 Å². The highest BCUT2D eigenvalue weighted by Crippen LogP contribution is 2.30. The first-order valence-corrected chi connectivity index (χ1v) is 9.60. The molecular formula is C18H23N5OS. The number of nitrogens with zero attached hydrogens (tertiary/aromatic N) is 3. The molecule has 6 nitrogen and oxygen atoms in total. The predicted octanol–water partition coefficient (Wildman–Crippen LogP) is 3.58. The second kappa shape index (κ2) is 8.20. The molecule has 0 radical (unpaired) electrons. The predicted molar refractivity (Wildman–Crippen MR) is 101 cm³/mol. The quantitative estimate of drug-likeness (QED) is 0.452. The fourth-order valence-corrected chi connectivity index (χ4v) is 3.59. The average molecular weight is 357 g/mol. The monoisotopic (exact) mass is 357 g/mol. The van der Waals surface area contributed by atoms with Gasteiger partial charge in [-0.15, -0.1) is 10.2 Å². The average Bonchev–Trinajstić information content (AvgIpc) is 3.20. The number of carbonyl (C=O) groups excluding carboxylic acids is 1. The zero-order chi connectivity index (χ0) is 17.6. The first kappa shape index (κ1) is 17.5. The molecule has 3 N–H and O–H groups in total. The van der Waals surface area contributed by atoms with Crippen LogP contribution in [0.25, 0.3) is 22.3 Å². The van der Waals surface area contributed by atoms with Gasteiger partial charge in [0.15, 0.2) is 11.0 Å². The minimum absolute atomic E-state index is 0.209. The second-order valence-corrected chi connectivity index (χ2v) is 6.96. The zero-order valence-electron chi connectivity index (χ0n) is 14.4. The van der Waals surface area contributed by atoms with Crippen LogP contribution in [0.2, 0.25) is 0 Å². The number of unbranched alkanes of at least 4 members (excludes halogenated alkanes) is 3. The molecule has 1 aromatic carbocycles. The molecule has 0 bridgehead atoms. The van der Waals surface area contributed by atoms with E-state index in [9.17, 15) is 4.79 Å². The summed E-state index contributed by atoms with van der Waals surface area (Å²) in [6.07, 6.45) is 6.61. The van der Waals surface area contributed by atoms with Crippen molar-refractivity contribution in [3.63, 3.8) is 0 Å². The minimum atomic E-state index is -0.348. The summed E-state index contributed by atoms with van der Waals surface area (Å²) in [6, 6.07) is 8.15. The Morgan fingerprint density at radius 2 is 2.08 bits per heavy atom. The number of benzene rings is 1. The van der Waals surface area contributed by atoms with E-state index in [2.05, 4.69) is 32.7 Å². The van der Waals surface area contributed by atoms with E-state index in [1.54, 1.807) is 0 Å². The third kappa shape index (κ3) is 4.04. The molecule has 0 aliphatic heterocycles. The molecule has 3 rings (SSSR count). The van der Waals surface area contributed by atoms with Crippen LogP contribution in [0.4, 0.5) is 0 Å². The van der Waals surface area contributed by atoms with Gasteiger partial charge in [0.2, 0.25) is 5.91 Å². The summed E-state index contributed by atoms with van der Waals surface area (Å²) >= 11 is 1.35. The Hall–Kier alpha value is -2.28. The molecule has 0 aliphatic carbocycles. The van der Waals surface area contributed by atoms with E-state index in [-0.39, 0.29) is 11.7 Å². The highest BCUT2D eigenvalue weighted by molar-refractivity contribution is 7.99. The third-order valence-corrected chi connectivity index (χ3v) is 5.11. The number of amides is 1. The molecule has 0 aliphatic rings. The Kier molecular flexibility index (Phi) is 5.75. The van der Waals surface area contributed by atoms with Crippen molar-refractivity contribution < 1.29 is 4.79 Å². The van der Waals surface area contributed by atoms with Gasteiger partial charge in [-0.3, -0.25) is 4.79 Å². The summed E-state index contributed by atoms with van der Waals surface area (Å²) in [5.41, 5.74) is 7.39. The maximum Gasteiger partial charge on any atom is 0.227 e. The van der Waals surface area contributed by atoms with E-state index in [1.165, 1.54) is 31.0 Å². The van der Waals surface area contributed by atoms with Crippen LogP contribution in [0.5, 0.6) is 0 Å². The number of hydrogen-bond acceptors (Lipinski definition) is 4. The number of hydrogen-bond donors (Lipinski definition) is 2. The number of aromatic nitrogens is 4. The molecule has 0 spiro atoms. The number of nitrogens with two attached hydrogens (primary N) is 1. The van der Waals surface area contributed by atoms with Gasteiger partial charge in [-0.25, -0.2) is 0 Å². The normalized spacial score (nSPS) is 11.2. The Morgan fingerprint density at radius 3 is 2.88 bits per heavy atom. The van der Waals surface area contributed by atoms with Crippen LogP contribution in [0, 0.1) is 0 Å². The first-order valence-electron chi connectivity index (χ1n) is 8.61. The molecule has 2 heterocycles. The van der Waals surface area contributed by atoms with Gasteiger partial charge in [-0.2, -0.15) is 0 Å². The molecule has 2 aromatic heterocycles. The number of aromatic amines is 1. The number of rotatable bonds is 9. The van der Waals surface area contributed by atoms with Crippen molar-refractivity contribution in [2.75, 3.05) is 5.75 Å². The number of thioether (sulfide) groups is 1. The number of para-hydroxylation sites is 1. The Labute approximate surface area is 151 Å². The number of primary amides is 1. The molecule has 0 saturated carbocycles. The van der Waals surface area contributed by atoms with Gasteiger partial charge in [-0.05, 0) is 12.5 Å². The van der Waals surface area contributed by atoms with E-state index >= 15 is 0 Å². The van der Waals surface area contributed by atoms with Crippen molar-refractivity contribution in [3.8, 4) is 11.4 Å². The topological polar surface area (TPSA) is 89.6 Å². The van der Waals surface area contributed by atoms with E-state index in [1.807, 2.05) is 24.4 Å². The molecule has 0 unspecified atom stereocenters. The molecule has 0 fully saturated rings. The van der Waals surface area contributed by atoms with Crippen LogP contribution >= 0.6 is 11.8 Å². The standard InChI is InChI=1S/C18H23N5OS/c1-2-3-4-7-10-23-17(21-22-18(23)25-12-16(19)24)14-11-20-15-9-6-5-8-13(14)15/h5-6,8-9,11,20H,2-4,7,10,12H2,1H3,(H2,19,24). The van der Waals surface area contributed by atoms with Gasteiger partial charge < -0.3 is 15.3 Å². The maximum atomic E-state index is 11.1. The lowest BCUT2D eigenvalue weighted by molar-refractivity contribution is -0.115. The molecule has 132 valence electrons. The van der Waals surface area contributed by atoms with Crippen LogP contribution in [-0.4, -0.2) is 31.4 Å². The first-order chi connectivity index (χ1) is 12.2. The van der Waals surface area contributed by atoms with Crippen molar-refractivity contribution in [1.82, 2.24) is 19.7 Å². The largest absolute Gasteiger partial charge is 0.369 e. The van der Waals surface area contributed by atoms with E-state index in [0.717, 1.165) is 40.4 Å². The van der Waals surface area contributed by atoms with Gasteiger partial charge in [0, 0.05) is 29.2 Å². The lowest BCUT2D eigenvalue weighted by Crippen LogP contribution is -2.14. The number of H-pyrrole nitrogens is 1. The maximum absolute atomic E-state index is 11.1. The SMILES string of the molecule is CCCCCCn1c(SCC(N)=O)nnc1-c1c[nH]c2ccccc12. The third-order valence-electron chi connectivity index (χ3n) is 4.13. The number of fused-ring (bicyclic) bond motifs is 1. The molecule has 7 heteroatoms. The summed E-state index contributed by atoms with van der Waals surface area (Å²) in [6.45, 7) is 3.03. The van der Waals surface area contributed by atoms with Crippen LogP contribution in [0.1, 0.15) is 32.6 Å². The van der Waals surface area contributed by atoms with Crippen molar-refractivity contribution in [1.29, 1.82) is 0 Å². The van der Waals surface area contributed by atoms with Gasteiger partial charge in [0.05, 0.1) is 5.75 Å². The molecule has 3 aromatic rings. The van der Waals surface area contributed by atoms with Crippen LogP contribution < -0.4 is 5.73 Å². The number of carbonyl (C=O) groups is 1. The number of nitrogens with one attached hydrogen (secondary N) is 1. The summed E-state index contributed by atoms with van der Waals surface area (Å²) in [4.78, 5) is 14.4. The van der Waals surface area contributed by atoms with E-state index in [0.29, 0.717) is 0 Å². The molecule has 0 saturated heterocycles. The molecular weight excluding hydrogens is 334 g/mol. The van der Waals surface area contributed by atoms with Crippen molar-refractivity contribution in [3.05, 3.63) is 30.5 Å². The fourth-order valence-electron chi connectivity index (χ4n) is 2.89. The van der Waals surface area contributed by atoms with Crippen LogP contribution in [0.15, 0.2) is 35.6 Å². The summed E-state index contributed by atoms with van der Waals surface area (Å²) in [7, 11) is 0. The lowest BCUT2D eigenvalue weighted by Gasteiger charge is -2.09. The fraction of sp³-hybridized carbons (Fsp3) is 0.389. The van der Waals surface area contributed by atoms with E-state index < -0.39 is 0 Å². The Bertz CT molecular complexity index is 854. The van der Waals surface area contributed by atoms with Gasteiger partial charge >= 0.3 is 0 Å². The molecule has 25 heavy (non-hydrogen) atoms. The Balaban J connectivity index is 1.93. The molecule has 1 amide bonds. The highest BCUT2D eigenvalue weighted by atomic mass is 32.2. The second-order valence-electron chi connectivity index (χ2n) is 6.02. The van der Waals surface area contributed by atoms with E-state index in [4.69, 9.17) is 5.73 Å².